The van der Waals surface area contributed by atoms with Crippen LogP contribution in [0.4, 0.5) is 13.2 Å². The van der Waals surface area contributed by atoms with Crippen LogP contribution in [0.15, 0.2) is 4.47 Å². The van der Waals surface area contributed by atoms with Crippen molar-refractivity contribution in [1.29, 1.82) is 0 Å². The van der Waals surface area contributed by atoms with Crippen LogP contribution in [0, 0.1) is 27.9 Å². The smallest absolute Gasteiger partial charge is 0.173 e. The molecule has 0 spiro atoms. The van der Waals surface area contributed by atoms with Crippen LogP contribution in [0.5, 0.6) is 0 Å². The molecular formula is C7H3BrF3I. The summed E-state index contributed by atoms with van der Waals surface area (Å²) in [7, 11) is 0. The normalized spacial score (nSPS) is 10.5. The van der Waals surface area contributed by atoms with E-state index in [4.69, 9.17) is 0 Å². The van der Waals surface area contributed by atoms with Gasteiger partial charge in [0, 0.05) is 5.56 Å². The third kappa shape index (κ3) is 1.48. The van der Waals surface area contributed by atoms with Gasteiger partial charge >= 0.3 is 0 Å². The van der Waals surface area contributed by atoms with E-state index in [1.54, 1.807) is 0 Å². The van der Waals surface area contributed by atoms with Gasteiger partial charge in [0.25, 0.3) is 0 Å². The lowest BCUT2D eigenvalue weighted by Crippen LogP contribution is -1.99. The topological polar surface area (TPSA) is 0 Å². The van der Waals surface area contributed by atoms with Gasteiger partial charge in [-0.15, -0.1) is 0 Å². The number of benzene rings is 1. The number of rotatable bonds is 0. The zero-order chi connectivity index (χ0) is 9.46. The molecule has 0 radical (unpaired) electrons. The van der Waals surface area contributed by atoms with Crippen molar-refractivity contribution in [2.45, 2.75) is 6.92 Å². The van der Waals surface area contributed by atoms with E-state index in [0.717, 1.165) is 0 Å². The maximum absolute atomic E-state index is 13.0. The fraction of sp³-hybridized carbons (Fsp3) is 0.143. The van der Waals surface area contributed by atoms with Crippen molar-refractivity contribution >= 4 is 38.5 Å². The molecule has 5 heteroatoms. The molecule has 0 heterocycles. The van der Waals surface area contributed by atoms with Crippen LogP contribution in [-0.4, -0.2) is 0 Å². The van der Waals surface area contributed by atoms with E-state index in [-0.39, 0.29) is 13.6 Å². The second-order valence-electron chi connectivity index (χ2n) is 2.19. The average molecular weight is 351 g/mol. The van der Waals surface area contributed by atoms with Crippen molar-refractivity contribution in [3.63, 3.8) is 0 Å². The first-order valence-electron chi connectivity index (χ1n) is 2.94. The molecular weight excluding hydrogens is 348 g/mol. The highest BCUT2D eigenvalue weighted by Gasteiger charge is 2.18. The summed E-state index contributed by atoms with van der Waals surface area (Å²) < 4.78 is 38.5. The minimum absolute atomic E-state index is 0.0282. The minimum atomic E-state index is -1.12. The highest BCUT2D eigenvalue weighted by molar-refractivity contribution is 14.1. The minimum Gasteiger partial charge on any atom is -0.205 e. The van der Waals surface area contributed by atoms with Crippen molar-refractivity contribution in [3.8, 4) is 0 Å². The van der Waals surface area contributed by atoms with Crippen LogP contribution < -0.4 is 0 Å². The summed E-state index contributed by atoms with van der Waals surface area (Å²) in [5, 5.41) is 0. The molecule has 0 saturated carbocycles. The summed E-state index contributed by atoms with van der Waals surface area (Å²) in [4.78, 5) is 0. The molecule has 0 saturated heterocycles. The van der Waals surface area contributed by atoms with Crippen LogP contribution >= 0.6 is 38.5 Å². The van der Waals surface area contributed by atoms with Crippen molar-refractivity contribution in [2.75, 3.05) is 0 Å². The van der Waals surface area contributed by atoms with Crippen LogP contribution in [0.25, 0.3) is 0 Å². The molecule has 0 unspecified atom stereocenters. The van der Waals surface area contributed by atoms with Gasteiger partial charge in [-0.1, -0.05) is 0 Å². The highest BCUT2D eigenvalue weighted by Crippen LogP contribution is 2.29. The fourth-order valence-electron chi connectivity index (χ4n) is 0.715. The average Bonchev–Trinajstić information content (AvgIpc) is 2.08. The van der Waals surface area contributed by atoms with Gasteiger partial charge < -0.3 is 0 Å². The Bertz CT molecular complexity index is 233. The lowest BCUT2D eigenvalue weighted by molar-refractivity contribution is 0.478. The van der Waals surface area contributed by atoms with Gasteiger partial charge in [-0.2, -0.15) is 0 Å². The molecule has 1 aromatic carbocycles. The lowest BCUT2D eigenvalue weighted by atomic mass is 10.2. The summed E-state index contributed by atoms with van der Waals surface area (Å²) in [6.45, 7) is 1.19. The van der Waals surface area contributed by atoms with Gasteiger partial charge in [0.1, 0.15) is 5.82 Å². The van der Waals surface area contributed by atoms with E-state index >= 15 is 0 Å². The third-order valence-corrected chi connectivity index (χ3v) is 3.93. The Morgan fingerprint density at radius 3 is 2.08 bits per heavy atom. The first-order chi connectivity index (χ1) is 5.46. The van der Waals surface area contributed by atoms with E-state index in [9.17, 15) is 13.2 Å². The van der Waals surface area contributed by atoms with Crippen molar-refractivity contribution < 1.29 is 13.2 Å². The maximum Gasteiger partial charge on any atom is 0.173 e. The molecule has 1 rings (SSSR count). The number of halogens is 5. The van der Waals surface area contributed by atoms with Gasteiger partial charge in [0.05, 0.1) is 8.04 Å². The van der Waals surface area contributed by atoms with Gasteiger partial charge in [0.15, 0.2) is 11.6 Å². The zero-order valence-electron chi connectivity index (χ0n) is 5.89. The van der Waals surface area contributed by atoms with E-state index in [1.165, 1.54) is 29.5 Å². The fourth-order valence-corrected chi connectivity index (χ4v) is 1.66. The van der Waals surface area contributed by atoms with E-state index in [2.05, 4.69) is 15.9 Å². The Kier molecular flexibility index (Phi) is 3.03. The van der Waals surface area contributed by atoms with Gasteiger partial charge in [0.2, 0.25) is 0 Å². The molecule has 0 amide bonds. The molecule has 66 valence electrons. The molecule has 0 aliphatic heterocycles. The molecule has 0 aliphatic rings. The number of hydrogen-bond acceptors (Lipinski definition) is 0. The molecule has 12 heavy (non-hydrogen) atoms. The Morgan fingerprint density at radius 2 is 1.58 bits per heavy atom. The zero-order valence-corrected chi connectivity index (χ0v) is 9.63. The number of hydrogen-bond donors (Lipinski definition) is 0. The van der Waals surface area contributed by atoms with Crippen LogP contribution in [0.3, 0.4) is 0 Å². The Hall–Kier alpha value is 0.220. The predicted octanol–water partition coefficient (Wildman–Crippen LogP) is 3.78. The largest absolute Gasteiger partial charge is 0.205 e. The maximum atomic E-state index is 13.0. The van der Waals surface area contributed by atoms with Crippen LogP contribution in [0.1, 0.15) is 5.56 Å². The summed E-state index contributed by atoms with van der Waals surface area (Å²) in [6, 6.07) is 0. The van der Waals surface area contributed by atoms with Crippen molar-refractivity contribution in [2.24, 2.45) is 0 Å². The summed E-state index contributed by atoms with van der Waals surface area (Å²) in [5.41, 5.74) is -0.306. The highest BCUT2D eigenvalue weighted by atomic mass is 127. The molecule has 0 nitrogen and oxygen atoms in total. The summed E-state index contributed by atoms with van der Waals surface area (Å²) in [6.07, 6.45) is 0. The summed E-state index contributed by atoms with van der Waals surface area (Å²) >= 11 is 4.36. The van der Waals surface area contributed by atoms with Crippen molar-refractivity contribution in [1.82, 2.24) is 0 Å². The van der Waals surface area contributed by atoms with E-state index in [0.29, 0.717) is 0 Å². The molecule has 0 fully saturated rings. The van der Waals surface area contributed by atoms with Crippen LogP contribution in [-0.2, 0) is 0 Å². The Balaban J connectivity index is 3.60. The third-order valence-electron chi connectivity index (χ3n) is 1.43. The SMILES string of the molecule is Cc1c(F)c(F)c(I)c(Br)c1F. The first kappa shape index (κ1) is 10.3. The second-order valence-corrected chi connectivity index (χ2v) is 4.07. The molecule has 1 aromatic rings. The predicted molar refractivity (Wildman–Crippen MR) is 51.5 cm³/mol. The second kappa shape index (κ2) is 3.53. The van der Waals surface area contributed by atoms with E-state index in [1.807, 2.05) is 0 Å². The van der Waals surface area contributed by atoms with Gasteiger partial charge in [-0.05, 0) is 45.4 Å². The first-order valence-corrected chi connectivity index (χ1v) is 4.82. The van der Waals surface area contributed by atoms with Gasteiger partial charge in [-0.25, -0.2) is 13.2 Å². The summed E-state index contributed by atoms with van der Waals surface area (Å²) in [5.74, 6) is -2.89. The molecule has 0 bridgehead atoms. The molecule has 0 atom stereocenters. The molecule has 0 aromatic heterocycles. The van der Waals surface area contributed by atoms with Crippen molar-refractivity contribution in [3.05, 3.63) is 31.1 Å². The molecule has 0 aliphatic carbocycles. The quantitative estimate of drug-likeness (QED) is 0.379. The van der Waals surface area contributed by atoms with Crippen LogP contribution in [0.2, 0.25) is 0 Å². The Morgan fingerprint density at radius 1 is 1.08 bits per heavy atom. The standard InChI is InChI=1S/C7H3BrF3I/c1-2-4(9)3(8)7(12)6(11)5(2)10/h1H3. The lowest BCUT2D eigenvalue weighted by Gasteiger charge is -2.05. The van der Waals surface area contributed by atoms with E-state index < -0.39 is 17.5 Å². The molecule has 0 N–H and O–H groups in total. The Labute approximate surface area is 89.4 Å². The van der Waals surface area contributed by atoms with Gasteiger partial charge in [-0.3, -0.25) is 0 Å². The monoisotopic (exact) mass is 350 g/mol.